The lowest BCUT2D eigenvalue weighted by molar-refractivity contribution is 0.414. The van der Waals surface area contributed by atoms with Gasteiger partial charge >= 0.3 is 0 Å². The molecule has 1 heterocycles. The lowest BCUT2D eigenvalue weighted by Crippen LogP contribution is -2.26. The van der Waals surface area contributed by atoms with Crippen LogP contribution in [0, 0.1) is 6.92 Å². The zero-order chi connectivity index (χ0) is 15.4. The molecule has 2 rings (SSSR count). The van der Waals surface area contributed by atoms with Crippen LogP contribution in [0.4, 0.5) is 0 Å². The van der Waals surface area contributed by atoms with Crippen LogP contribution in [0.3, 0.4) is 0 Å². The first-order valence-electron chi connectivity index (χ1n) is 6.99. The van der Waals surface area contributed by atoms with E-state index >= 15 is 0 Å². The molecule has 0 fully saturated rings. The van der Waals surface area contributed by atoms with Gasteiger partial charge in [-0.15, -0.1) is 10.2 Å². The van der Waals surface area contributed by atoms with Crippen molar-refractivity contribution in [3.63, 3.8) is 0 Å². The van der Waals surface area contributed by atoms with Crippen molar-refractivity contribution in [2.45, 2.75) is 36.7 Å². The number of benzene rings is 1. The SMILES string of the molecule is CCC(N)C(Sc1nnc(C)n1C)c1ccc(OC)cc1. The van der Waals surface area contributed by atoms with Crippen molar-refractivity contribution in [1.82, 2.24) is 14.8 Å². The summed E-state index contributed by atoms with van der Waals surface area (Å²) < 4.78 is 7.20. The minimum atomic E-state index is 0.0559. The second kappa shape index (κ2) is 6.95. The van der Waals surface area contributed by atoms with Crippen LogP contribution in [-0.2, 0) is 7.05 Å². The van der Waals surface area contributed by atoms with E-state index in [-0.39, 0.29) is 11.3 Å². The Labute approximate surface area is 129 Å². The standard InChI is InChI=1S/C15H22N4OS/c1-5-13(16)14(11-6-8-12(20-4)9-7-11)21-15-18-17-10(2)19(15)3/h6-9,13-14H,5,16H2,1-4H3. The number of hydrogen-bond donors (Lipinski definition) is 1. The number of thioether (sulfide) groups is 1. The number of aromatic nitrogens is 3. The van der Waals surface area contributed by atoms with Crippen LogP contribution in [0.25, 0.3) is 0 Å². The summed E-state index contributed by atoms with van der Waals surface area (Å²) in [7, 11) is 3.64. The lowest BCUT2D eigenvalue weighted by atomic mass is 10.0. The van der Waals surface area contributed by atoms with E-state index in [0.29, 0.717) is 0 Å². The van der Waals surface area contributed by atoms with E-state index in [4.69, 9.17) is 10.5 Å². The van der Waals surface area contributed by atoms with E-state index in [1.165, 1.54) is 5.56 Å². The lowest BCUT2D eigenvalue weighted by Gasteiger charge is -2.22. The fourth-order valence-corrected chi connectivity index (χ4v) is 3.28. The molecule has 6 heteroatoms. The van der Waals surface area contributed by atoms with Gasteiger partial charge in [0.1, 0.15) is 11.6 Å². The van der Waals surface area contributed by atoms with Crippen molar-refractivity contribution in [3.05, 3.63) is 35.7 Å². The molecule has 2 aromatic rings. The summed E-state index contributed by atoms with van der Waals surface area (Å²) in [4.78, 5) is 0. The molecule has 0 aliphatic heterocycles. The molecule has 0 saturated carbocycles. The first-order valence-corrected chi connectivity index (χ1v) is 7.87. The van der Waals surface area contributed by atoms with Gasteiger partial charge in [-0.2, -0.15) is 0 Å². The van der Waals surface area contributed by atoms with Crippen LogP contribution in [-0.4, -0.2) is 27.9 Å². The number of aryl methyl sites for hydroxylation is 1. The van der Waals surface area contributed by atoms with Gasteiger partial charge in [0.25, 0.3) is 0 Å². The maximum atomic E-state index is 6.31. The van der Waals surface area contributed by atoms with Gasteiger partial charge in [0.2, 0.25) is 0 Å². The zero-order valence-electron chi connectivity index (χ0n) is 12.9. The van der Waals surface area contributed by atoms with E-state index in [2.05, 4.69) is 29.3 Å². The van der Waals surface area contributed by atoms with Crippen LogP contribution >= 0.6 is 11.8 Å². The molecule has 0 aliphatic rings. The monoisotopic (exact) mass is 306 g/mol. The molecule has 1 aromatic heterocycles. The fourth-order valence-electron chi connectivity index (χ4n) is 2.01. The molecule has 0 bridgehead atoms. The number of methoxy groups -OCH3 is 1. The van der Waals surface area contributed by atoms with E-state index in [9.17, 15) is 0 Å². The van der Waals surface area contributed by atoms with Crippen LogP contribution in [0.5, 0.6) is 5.75 Å². The molecule has 0 spiro atoms. The highest BCUT2D eigenvalue weighted by atomic mass is 32.2. The summed E-state index contributed by atoms with van der Waals surface area (Å²) in [5, 5.41) is 9.36. The van der Waals surface area contributed by atoms with E-state index < -0.39 is 0 Å². The molecule has 0 amide bonds. The topological polar surface area (TPSA) is 66.0 Å². The average Bonchev–Trinajstić information content (AvgIpc) is 2.84. The summed E-state index contributed by atoms with van der Waals surface area (Å²) in [5.74, 6) is 1.75. The number of hydrogen-bond acceptors (Lipinski definition) is 5. The highest BCUT2D eigenvalue weighted by Gasteiger charge is 2.22. The maximum Gasteiger partial charge on any atom is 0.191 e. The summed E-state index contributed by atoms with van der Waals surface area (Å²) >= 11 is 1.66. The second-order valence-corrected chi connectivity index (χ2v) is 6.08. The second-order valence-electron chi connectivity index (χ2n) is 4.97. The Kier molecular flexibility index (Phi) is 5.25. The Hall–Kier alpha value is -1.53. The molecular weight excluding hydrogens is 284 g/mol. The van der Waals surface area contributed by atoms with Crippen LogP contribution in [0.15, 0.2) is 29.4 Å². The first kappa shape index (κ1) is 15.9. The van der Waals surface area contributed by atoms with E-state index in [1.54, 1.807) is 18.9 Å². The van der Waals surface area contributed by atoms with Crippen LogP contribution < -0.4 is 10.5 Å². The van der Waals surface area contributed by atoms with Gasteiger partial charge in [0.05, 0.1) is 12.4 Å². The molecule has 21 heavy (non-hydrogen) atoms. The Morgan fingerprint density at radius 3 is 2.43 bits per heavy atom. The van der Waals surface area contributed by atoms with Gasteiger partial charge in [-0.3, -0.25) is 0 Å². The number of ether oxygens (including phenoxy) is 1. The summed E-state index contributed by atoms with van der Waals surface area (Å²) in [6, 6.07) is 8.12. The molecule has 0 aliphatic carbocycles. The number of rotatable bonds is 6. The quantitative estimate of drug-likeness (QED) is 0.831. The van der Waals surface area contributed by atoms with Crippen molar-refractivity contribution >= 4 is 11.8 Å². The molecule has 1 aromatic carbocycles. The third-order valence-electron chi connectivity index (χ3n) is 3.59. The summed E-state index contributed by atoms with van der Waals surface area (Å²) in [6.07, 6.45) is 0.903. The smallest absolute Gasteiger partial charge is 0.191 e. The molecular formula is C15H22N4OS. The van der Waals surface area contributed by atoms with E-state index in [1.807, 2.05) is 30.7 Å². The third-order valence-corrected chi connectivity index (χ3v) is 5.03. The maximum absolute atomic E-state index is 6.31. The van der Waals surface area contributed by atoms with Crippen molar-refractivity contribution in [2.24, 2.45) is 12.8 Å². The Morgan fingerprint density at radius 1 is 1.29 bits per heavy atom. The predicted octanol–water partition coefficient (Wildman–Crippen LogP) is 2.70. The van der Waals surface area contributed by atoms with Crippen molar-refractivity contribution in [3.8, 4) is 5.75 Å². The Balaban J connectivity index is 2.27. The normalized spacial score (nSPS) is 14.0. The minimum Gasteiger partial charge on any atom is -0.497 e. The van der Waals surface area contributed by atoms with Crippen molar-refractivity contribution in [2.75, 3.05) is 7.11 Å². The predicted molar refractivity (Wildman–Crippen MR) is 85.6 cm³/mol. The molecule has 0 saturated heterocycles. The molecule has 2 unspecified atom stereocenters. The van der Waals surface area contributed by atoms with Crippen LogP contribution in [0.1, 0.15) is 30.0 Å². The highest BCUT2D eigenvalue weighted by Crippen LogP contribution is 2.37. The fraction of sp³-hybridized carbons (Fsp3) is 0.467. The number of nitrogens with two attached hydrogens (primary N) is 1. The zero-order valence-corrected chi connectivity index (χ0v) is 13.7. The largest absolute Gasteiger partial charge is 0.497 e. The Morgan fingerprint density at radius 2 is 1.95 bits per heavy atom. The van der Waals surface area contributed by atoms with Crippen molar-refractivity contribution < 1.29 is 4.74 Å². The molecule has 5 nitrogen and oxygen atoms in total. The average molecular weight is 306 g/mol. The molecule has 2 atom stereocenters. The molecule has 0 radical (unpaired) electrons. The number of nitrogens with zero attached hydrogens (tertiary/aromatic N) is 3. The van der Waals surface area contributed by atoms with Gasteiger partial charge in [-0.1, -0.05) is 30.8 Å². The summed E-state index contributed by atoms with van der Waals surface area (Å²) in [6.45, 7) is 4.04. The van der Waals surface area contributed by atoms with Gasteiger partial charge < -0.3 is 15.0 Å². The van der Waals surface area contributed by atoms with Gasteiger partial charge in [-0.25, -0.2) is 0 Å². The third kappa shape index (κ3) is 3.57. The van der Waals surface area contributed by atoms with Gasteiger partial charge in [0.15, 0.2) is 5.16 Å². The highest BCUT2D eigenvalue weighted by molar-refractivity contribution is 7.99. The first-order chi connectivity index (χ1) is 10.1. The summed E-state index contributed by atoms with van der Waals surface area (Å²) in [5.41, 5.74) is 7.49. The van der Waals surface area contributed by atoms with Crippen molar-refractivity contribution in [1.29, 1.82) is 0 Å². The molecule has 2 N–H and O–H groups in total. The minimum absolute atomic E-state index is 0.0559. The van der Waals surface area contributed by atoms with Gasteiger partial charge in [-0.05, 0) is 31.0 Å². The van der Waals surface area contributed by atoms with Crippen LogP contribution in [0.2, 0.25) is 0 Å². The molecule has 114 valence electrons. The Bertz CT molecular complexity index is 582. The van der Waals surface area contributed by atoms with E-state index in [0.717, 1.165) is 23.2 Å². The van der Waals surface area contributed by atoms with Gasteiger partial charge in [0, 0.05) is 13.1 Å².